The molecule has 8 aromatic rings. The van der Waals surface area contributed by atoms with Gasteiger partial charge in [-0.15, -0.1) is 11.8 Å². The summed E-state index contributed by atoms with van der Waals surface area (Å²) in [7, 11) is 0. The molecule has 218 valence electrons. The zero-order chi connectivity index (χ0) is 30.2. The number of nitrogens with zero attached hydrogens (tertiary/aromatic N) is 2. The molecular formula is C42H28N2OS. The van der Waals surface area contributed by atoms with E-state index >= 15 is 0 Å². The van der Waals surface area contributed by atoms with Gasteiger partial charge in [0.2, 0.25) is 0 Å². The predicted molar refractivity (Wildman–Crippen MR) is 193 cm³/mol. The Morgan fingerprint density at radius 1 is 0.587 bits per heavy atom. The molecule has 0 saturated heterocycles. The van der Waals surface area contributed by atoms with Crippen molar-refractivity contribution in [1.82, 2.24) is 4.57 Å². The van der Waals surface area contributed by atoms with Crippen LogP contribution >= 0.6 is 11.8 Å². The van der Waals surface area contributed by atoms with E-state index in [2.05, 4.69) is 161 Å². The molecule has 0 saturated carbocycles. The Morgan fingerprint density at radius 3 is 2.26 bits per heavy atom. The van der Waals surface area contributed by atoms with Crippen LogP contribution in [0.5, 0.6) is 0 Å². The smallest absolute Gasteiger partial charge is 0.159 e. The van der Waals surface area contributed by atoms with E-state index in [1.54, 1.807) is 0 Å². The summed E-state index contributed by atoms with van der Waals surface area (Å²) in [5.41, 5.74) is 9.97. The summed E-state index contributed by atoms with van der Waals surface area (Å²) in [5, 5.41) is 5.15. The topological polar surface area (TPSA) is 21.3 Å². The summed E-state index contributed by atoms with van der Waals surface area (Å²) < 4.78 is 9.01. The molecule has 2 unspecified atom stereocenters. The van der Waals surface area contributed by atoms with E-state index in [9.17, 15) is 0 Å². The number of aromatic nitrogens is 1. The zero-order valence-corrected chi connectivity index (χ0v) is 25.7. The number of thioether (sulfide) groups is 1. The van der Waals surface area contributed by atoms with Gasteiger partial charge in [-0.05, 0) is 72.3 Å². The first-order chi connectivity index (χ1) is 22.8. The quantitative estimate of drug-likeness (QED) is 0.198. The van der Waals surface area contributed by atoms with Gasteiger partial charge in [0.1, 0.15) is 5.58 Å². The van der Waals surface area contributed by atoms with Crippen LogP contribution in [-0.4, -0.2) is 9.82 Å². The largest absolute Gasteiger partial charge is 0.454 e. The summed E-state index contributed by atoms with van der Waals surface area (Å²) in [6.07, 6.45) is 9.05. The van der Waals surface area contributed by atoms with Crippen LogP contribution in [0.1, 0.15) is 11.5 Å². The van der Waals surface area contributed by atoms with E-state index in [0.29, 0.717) is 11.2 Å². The maximum Gasteiger partial charge on any atom is 0.159 e. The Bertz CT molecular complexity index is 2540. The second-order valence-corrected chi connectivity index (χ2v) is 13.3. The zero-order valence-electron chi connectivity index (χ0n) is 24.9. The number of para-hydroxylation sites is 4. The van der Waals surface area contributed by atoms with Gasteiger partial charge < -0.3 is 13.9 Å². The molecule has 46 heavy (non-hydrogen) atoms. The van der Waals surface area contributed by atoms with Crippen molar-refractivity contribution in [1.29, 1.82) is 0 Å². The monoisotopic (exact) mass is 608 g/mol. The van der Waals surface area contributed by atoms with E-state index in [1.807, 2.05) is 17.8 Å². The fourth-order valence-electron chi connectivity index (χ4n) is 7.46. The Balaban J connectivity index is 1.24. The predicted octanol–water partition coefficient (Wildman–Crippen LogP) is 11.8. The molecule has 0 fully saturated rings. The van der Waals surface area contributed by atoms with Crippen molar-refractivity contribution < 1.29 is 4.42 Å². The molecule has 0 radical (unpaired) electrons. The minimum atomic E-state index is 0.375. The molecular weight excluding hydrogens is 581 g/mol. The molecule has 2 aliphatic rings. The number of hydrogen-bond donors (Lipinski definition) is 0. The lowest BCUT2D eigenvalue weighted by Crippen LogP contribution is -2.11. The maximum absolute atomic E-state index is 6.64. The minimum absolute atomic E-state index is 0.375. The molecule has 0 amide bonds. The van der Waals surface area contributed by atoms with Gasteiger partial charge >= 0.3 is 0 Å². The lowest BCUT2D eigenvalue weighted by atomic mass is 9.92. The van der Waals surface area contributed by atoms with Crippen molar-refractivity contribution in [3.05, 3.63) is 163 Å². The van der Waals surface area contributed by atoms with Crippen molar-refractivity contribution >= 4 is 72.6 Å². The molecule has 3 nitrogen and oxygen atoms in total. The Labute approximate surface area is 270 Å². The normalized spacial score (nSPS) is 16.9. The molecule has 4 heteroatoms. The van der Waals surface area contributed by atoms with Gasteiger partial charge in [-0.3, -0.25) is 0 Å². The van der Waals surface area contributed by atoms with Gasteiger partial charge in [0.25, 0.3) is 0 Å². The third kappa shape index (κ3) is 3.80. The molecule has 6 aromatic carbocycles. The van der Waals surface area contributed by atoms with Crippen LogP contribution in [0.2, 0.25) is 0 Å². The summed E-state index contributed by atoms with van der Waals surface area (Å²) in [6, 6.07) is 48.1. The van der Waals surface area contributed by atoms with E-state index < -0.39 is 0 Å². The van der Waals surface area contributed by atoms with Gasteiger partial charge in [0.05, 0.1) is 16.7 Å². The summed E-state index contributed by atoms with van der Waals surface area (Å²) in [6.45, 7) is 0. The van der Waals surface area contributed by atoms with Crippen LogP contribution in [-0.2, 0) is 0 Å². The molecule has 3 heterocycles. The molecule has 2 aromatic heterocycles. The Hall–Kier alpha value is -5.45. The van der Waals surface area contributed by atoms with Crippen LogP contribution in [0.15, 0.2) is 167 Å². The number of rotatable bonds is 4. The van der Waals surface area contributed by atoms with Gasteiger partial charge in [-0.2, -0.15) is 0 Å². The second-order valence-electron chi connectivity index (χ2n) is 12.1. The fourth-order valence-corrected chi connectivity index (χ4v) is 8.78. The highest BCUT2D eigenvalue weighted by Gasteiger charge is 2.32. The molecule has 0 spiro atoms. The molecule has 1 aliphatic heterocycles. The van der Waals surface area contributed by atoms with Crippen LogP contribution in [0, 0.1) is 0 Å². The summed E-state index contributed by atoms with van der Waals surface area (Å²) in [4.78, 5) is 3.75. The fraction of sp³-hybridized carbons (Fsp3) is 0.0476. The van der Waals surface area contributed by atoms with Crippen molar-refractivity contribution in [3.8, 4) is 5.69 Å². The SMILES string of the molecule is C1=CC2Sc3ccc(N(c4ccc5c(c4)c4ccccc4n5-c4ccccc4)c4cccc5c4oc4ccccc45)cc3C2C=C1. The van der Waals surface area contributed by atoms with Crippen LogP contribution in [0.3, 0.4) is 0 Å². The molecule has 2 atom stereocenters. The standard InChI is InChI=1S/C42H28N2OS/c1-2-11-27(12-3-1)44-36-17-7-4-13-30(36)34-25-28(21-23-37(34)44)43(29-22-24-41-35(26-29)32-15-6-9-20-40(32)46-41)38-18-10-16-33-31-14-5-8-19-39(31)45-42(33)38/h1-26,32,40H. The summed E-state index contributed by atoms with van der Waals surface area (Å²) in [5.74, 6) is 0.375. The van der Waals surface area contributed by atoms with E-state index in [0.717, 1.165) is 44.7 Å². The number of anilines is 3. The van der Waals surface area contributed by atoms with Crippen molar-refractivity contribution in [3.63, 3.8) is 0 Å². The average Bonchev–Trinajstić information content (AvgIpc) is 3.78. The summed E-state index contributed by atoms with van der Waals surface area (Å²) >= 11 is 1.96. The number of benzene rings is 6. The van der Waals surface area contributed by atoms with Crippen LogP contribution < -0.4 is 4.90 Å². The molecule has 10 rings (SSSR count). The van der Waals surface area contributed by atoms with Crippen molar-refractivity contribution in [2.24, 2.45) is 0 Å². The molecule has 0 bridgehead atoms. The third-order valence-electron chi connectivity index (χ3n) is 9.51. The first kappa shape index (κ1) is 25.8. The van der Waals surface area contributed by atoms with Gasteiger partial charge in [-0.1, -0.05) is 91.0 Å². The Morgan fingerprint density at radius 2 is 1.33 bits per heavy atom. The van der Waals surface area contributed by atoms with Crippen molar-refractivity contribution in [2.75, 3.05) is 4.90 Å². The number of allylic oxidation sites excluding steroid dienone is 3. The first-order valence-corrected chi connectivity index (χ1v) is 16.6. The Kier molecular flexibility index (Phi) is 5.63. The highest BCUT2D eigenvalue weighted by Crippen LogP contribution is 2.51. The van der Waals surface area contributed by atoms with Gasteiger partial charge in [-0.25, -0.2) is 0 Å². The lowest BCUT2D eigenvalue weighted by molar-refractivity contribution is 0.669. The number of fused-ring (bicyclic) bond motifs is 9. The van der Waals surface area contributed by atoms with E-state index in [-0.39, 0.29) is 0 Å². The third-order valence-corrected chi connectivity index (χ3v) is 10.9. The number of furan rings is 1. The molecule has 0 N–H and O–H groups in total. The van der Waals surface area contributed by atoms with E-state index in [4.69, 9.17) is 4.42 Å². The van der Waals surface area contributed by atoms with Gasteiger partial charge in [0, 0.05) is 54.7 Å². The maximum atomic E-state index is 6.64. The highest BCUT2D eigenvalue weighted by atomic mass is 32.2. The van der Waals surface area contributed by atoms with Crippen molar-refractivity contribution in [2.45, 2.75) is 16.1 Å². The minimum Gasteiger partial charge on any atom is -0.454 e. The van der Waals surface area contributed by atoms with Crippen LogP contribution in [0.4, 0.5) is 17.1 Å². The first-order valence-electron chi connectivity index (χ1n) is 15.8. The highest BCUT2D eigenvalue weighted by molar-refractivity contribution is 8.00. The average molecular weight is 609 g/mol. The van der Waals surface area contributed by atoms with Crippen LogP contribution in [0.25, 0.3) is 49.4 Å². The lowest BCUT2D eigenvalue weighted by Gasteiger charge is -2.27. The molecule has 1 aliphatic carbocycles. The van der Waals surface area contributed by atoms with E-state index in [1.165, 1.54) is 32.3 Å². The second kappa shape index (κ2) is 10.0. The van der Waals surface area contributed by atoms with Gasteiger partial charge in [0.15, 0.2) is 5.58 Å². The number of hydrogen-bond acceptors (Lipinski definition) is 3.